The van der Waals surface area contributed by atoms with Gasteiger partial charge in [0.15, 0.2) is 11.6 Å². The Morgan fingerprint density at radius 2 is 1.79 bits per heavy atom. The molecule has 5 heteroatoms. The van der Waals surface area contributed by atoms with Gasteiger partial charge in [-0.15, -0.1) is 0 Å². The van der Waals surface area contributed by atoms with Crippen molar-refractivity contribution in [1.29, 1.82) is 0 Å². The van der Waals surface area contributed by atoms with E-state index < -0.39 is 11.6 Å². The third-order valence-electron chi connectivity index (χ3n) is 7.05. The monoisotopic (exact) mass is 454 g/mol. The maximum Gasteiger partial charge on any atom is 0.339 e. The Hall–Kier alpha value is -2.69. The van der Waals surface area contributed by atoms with E-state index in [9.17, 15) is 13.6 Å². The Balaban J connectivity index is 1.41. The number of hydrogen-bond acceptors (Lipinski definition) is 3. The summed E-state index contributed by atoms with van der Waals surface area (Å²) in [5.74, 6) is -0.315. The third kappa shape index (κ3) is 4.97. The first-order valence-corrected chi connectivity index (χ1v) is 12.2. The summed E-state index contributed by atoms with van der Waals surface area (Å²) < 4.78 is 40.0. The van der Waals surface area contributed by atoms with Crippen molar-refractivity contribution in [1.82, 2.24) is 0 Å². The van der Waals surface area contributed by atoms with Crippen molar-refractivity contribution in [2.75, 3.05) is 6.61 Å². The molecule has 0 bridgehead atoms. The first-order chi connectivity index (χ1) is 16.0. The molecular formula is C28H32F2O3. The highest BCUT2D eigenvalue weighted by atomic mass is 19.2. The summed E-state index contributed by atoms with van der Waals surface area (Å²) >= 11 is 0. The molecule has 0 aromatic heterocycles. The van der Waals surface area contributed by atoms with E-state index in [0.29, 0.717) is 35.7 Å². The maximum absolute atomic E-state index is 14.6. The second kappa shape index (κ2) is 10.5. The Morgan fingerprint density at radius 3 is 2.52 bits per heavy atom. The maximum atomic E-state index is 14.6. The lowest BCUT2D eigenvalue weighted by molar-refractivity contribution is -0.130. The molecule has 3 unspecified atom stereocenters. The van der Waals surface area contributed by atoms with Crippen LogP contribution in [0.1, 0.15) is 58.8 Å². The summed E-state index contributed by atoms with van der Waals surface area (Å²) in [6.07, 6.45) is 9.35. The fraction of sp³-hybridized carbons (Fsp3) is 0.464. The van der Waals surface area contributed by atoms with Crippen molar-refractivity contribution in [2.24, 2.45) is 17.8 Å². The lowest BCUT2D eigenvalue weighted by Gasteiger charge is -2.19. The highest BCUT2D eigenvalue weighted by Crippen LogP contribution is 2.49. The lowest BCUT2D eigenvalue weighted by Crippen LogP contribution is -2.18. The molecule has 1 fully saturated rings. The minimum absolute atomic E-state index is 0.0773. The first-order valence-electron chi connectivity index (χ1n) is 12.2. The standard InChI is InChI=1S/C28H32F2O3/c1-3-5-17-32-25-16-15-22(26(29)27(25)30)19-7-10-20(11-8-19)33-28(31)24-14-13-21-18(6-4-2)9-12-23(21)24/h7-8,10-11,14-16,18,21,23H,3-6,9,12-13,17H2,1-2H3. The van der Waals surface area contributed by atoms with Crippen molar-refractivity contribution < 1.29 is 23.0 Å². The molecule has 0 aliphatic heterocycles. The SMILES string of the molecule is CCCCOc1ccc(-c2ccc(OC(=O)C3=CCC4C(CCC)CCC34)cc2)c(F)c1F. The normalized spacial score (nSPS) is 21.6. The van der Waals surface area contributed by atoms with Gasteiger partial charge in [-0.3, -0.25) is 0 Å². The van der Waals surface area contributed by atoms with Crippen LogP contribution < -0.4 is 9.47 Å². The van der Waals surface area contributed by atoms with Gasteiger partial charge >= 0.3 is 5.97 Å². The molecule has 176 valence electrons. The molecule has 2 aromatic rings. The number of benzene rings is 2. The summed E-state index contributed by atoms with van der Waals surface area (Å²) in [7, 11) is 0. The molecule has 3 nitrogen and oxygen atoms in total. The highest BCUT2D eigenvalue weighted by Gasteiger charge is 2.42. The van der Waals surface area contributed by atoms with Crippen molar-refractivity contribution >= 4 is 5.97 Å². The van der Waals surface area contributed by atoms with Crippen molar-refractivity contribution in [3.8, 4) is 22.6 Å². The van der Waals surface area contributed by atoms with Gasteiger partial charge in [0.1, 0.15) is 5.75 Å². The summed E-state index contributed by atoms with van der Waals surface area (Å²) in [5.41, 5.74) is 1.45. The van der Waals surface area contributed by atoms with Gasteiger partial charge in [0.05, 0.1) is 6.61 Å². The predicted octanol–water partition coefficient (Wildman–Crippen LogP) is 7.49. The van der Waals surface area contributed by atoms with E-state index in [4.69, 9.17) is 9.47 Å². The predicted molar refractivity (Wildman–Crippen MR) is 125 cm³/mol. The van der Waals surface area contributed by atoms with E-state index in [1.165, 1.54) is 31.4 Å². The number of rotatable bonds is 9. The van der Waals surface area contributed by atoms with Crippen LogP contribution in [0.25, 0.3) is 11.1 Å². The van der Waals surface area contributed by atoms with E-state index in [2.05, 4.69) is 13.0 Å². The molecule has 2 aliphatic rings. The van der Waals surface area contributed by atoms with Crippen molar-refractivity contribution in [3.63, 3.8) is 0 Å². The molecule has 2 aromatic carbocycles. The zero-order chi connectivity index (χ0) is 23.4. The van der Waals surface area contributed by atoms with E-state index in [1.54, 1.807) is 24.3 Å². The third-order valence-corrected chi connectivity index (χ3v) is 7.05. The van der Waals surface area contributed by atoms with Crippen LogP contribution in [0.2, 0.25) is 0 Å². The highest BCUT2D eigenvalue weighted by molar-refractivity contribution is 5.91. The van der Waals surface area contributed by atoms with E-state index in [1.807, 2.05) is 6.92 Å². The van der Waals surface area contributed by atoms with Gasteiger partial charge in [0.25, 0.3) is 0 Å². The number of allylic oxidation sites excluding steroid dienone is 1. The number of fused-ring (bicyclic) bond motifs is 1. The average Bonchev–Trinajstić information content (AvgIpc) is 3.41. The fourth-order valence-electron chi connectivity index (χ4n) is 5.33. The van der Waals surface area contributed by atoms with Gasteiger partial charge in [0.2, 0.25) is 5.82 Å². The fourth-order valence-corrected chi connectivity index (χ4v) is 5.33. The second-order valence-corrected chi connectivity index (χ2v) is 9.15. The number of carbonyl (C=O) groups excluding carboxylic acids is 1. The summed E-state index contributed by atoms with van der Waals surface area (Å²) in [5, 5.41) is 0. The average molecular weight is 455 g/mol. The number of unbranched alkanes of at least 4 members (excludes halogenated alkanes) is 1. The van der Waals surface area contributed by atoms with Crippen LogP contribution in [-0.4, -0.2) is 12.6 Å². The molecule has 0 heterocycles. The minimum Gasteiger partial charge on any atom is -0.490 e. The molecule has 0 saturated heterocycles. The molecule has 0 N–H and O–H groups in total. The van der Waals surface area contributed by atoms with Gasteiger partial charge in [0, 0.05) is 11.1 Å². The van der Waals surface area contributed by atoms with Crippen LogP contribution in [0.5, 0.6) is 11.5 Å². The zero-order valence-electron chi connectivity index (χ0n) is 19.4. The quantitative estimate of drug-likeness (QED) is 0.224. The van der Waals surface area contributed by atoms with Gasteiger partial charge in [-0.1, -0.05) is 51.3 Å². The number of carbonyl (C=O) groups is 1. The Kier molecular flexibility index (Phi) is 7.46. The lowest BCUT2D eigenvalue weighted by atomic mass is 9.87. The van der Waals surface area contributed by atoms with Gasteiger partial charge in [-0.05, 0) is 73.3 Å². The summed E-state index contributed by atoms with van der Waals surface area (Å²) in [4.78, 5) is 12.8. The topological polar surface area (TPSA) is 35.5 Å². The minimum atomic E-state index is -0.986. The molecule has 0 spiro atoms. The molecule has 1 saturated carbocycles. The van der Waals surface area contributed by atoms with Crippen LogP contribution in [0, 0.1) is 29.4 Å². The zero-order valence-corrected chi connectivity index (χ0v) is 19.4. The molecule has 0 radical (unpaired) electrons. The van der Waals surface area contributed by atoms with E-state index in [-0.39, 0.29) is 17.3 Å². The first kappa shape index (κ1) is 23.5. The molecule has 3 atom stereocenters. The van der Waals surface area contributed by atoms with Crippen LogP contribution in [0.15, 0.2) is 48.0 Å². The summed E-state index contributed by atoms with van der Waals surface area (Å²) in [6.45, 7) is 4.57. The number of hydrogen-bond donors (Lipinski definition) is 0. The number of halogens is 2. The van der Waals surface area contributed by atoms with Gasteiger partial charge in [-0.25, -0.2) is 9.18 Å². The Morgan fingerprint density at radius 1 is 1.00 bits per heavy atom. The van der Waals surface area contributed by atoms with E-state index >= 15 is 0 Å². The molecule has 33 heavy (non-hydrogen) atoms. The van der Waals surface area contributed by atoms with Crippen LogP contribution in [-0.2, 0) is 4.79 Å². The smallest absolute Gasteiger partial charge is 0.339 e. The second-order valence-electron chi connectivity index (χ2n) is 9.15. The molecular weight excluding hydrogens is 422 g/mol. The summed E-state index contributed by atoms with van der Waals surface area (Å²) in [6, 6.07) is 9.48. The van der Waals surface area contributed by atoms with Crippen LogP contribution in [0.3, 0.4) is 0 Å². The number of esters is 1. The number of ether oxygens (including phenoxy) is 2. The van der Waals surface area contributed by atoms with Crippen LogP contribution in [0.4, 0.5) is 8.78 Å². The molecule has 0 amide bonds. The van der Waals surface area contributed by atoms with Gasteiger partial charge < -0.3 is 9.47 Å². The largest absolute Gasteiger partial charge is 0.490 e. The molecule has 4 rings (SSSR count). The van der Waals surface area contributed by atoms with Crippen molar-refractivity contribution in [3.05, 3.63) is 59.7 Å². The van der Waals surface area contributed by atoms with Gasteiger partial charge in [-0.2, -0.15) is 4.39 Å². The van der Waals surface area contributed by atoms with Crippen LogP contribution >= 0.6 is 0 Å². The molecule has 2 aliphatic carbocycles. The van der Waals surface area contributed by atoms with Crippen molar-refractivity contribution in [2.45, 2.75) is 58.8 Å². The van der Waals surface area contributed by atoms with E-state index in [0.717, 1.165) is 31.3 Å². The Bertz CT molecular complexity index is 1010. The Labute approximate surface area is 194 Å².